The molecule has 0 saturated heterocycles. The summed E-state index contributed by atoms with van der Waals surface area (Å²) in [6, 6.07) is 2.60. The number of likely N-dealkylation sites (N-methyl/N-ethyl adjacent to an activating group) is 1. The average Bonchev–Trinajstić information content (AvgIpc) is 2.84. The highest BCUT2D eigenvalue weighted by atomic mass is 32.1. The smallest absolute Gasteiger partial charge is 0.0947 e. The molecule has 1 N–H and O–H groups in total. The van der Waals surface area contributed by atoms with Crippen LogP contribution in [0.5, 0.6) is 0 Å². The standard InChI is InChI=1S/C12H16N2S2/c1-8-7-16-12(14-8)6-11(13-3)10-4-5-15-9(10)2/h4-5,7,11,13H,6H2,1-3H3. The lowest BCUT2D eigenvalue weighted by Gasteiger charge is -2.14. The number of aryl methyl sites for hydroxylation is 2. The maximum absolute atomic E-state index is 4.52. The van der Waals surface area contributed by atoms with Crippen molar-refractivity contribution < 1.29 is 0 Å². The van der Waals surface area contributed by atoms with Crippen LogP contribution < -0.4 is 5.32 Å². The van der Waals surface area contributed by atoms with E-state index in [9.17, 15) is 0 Å². The van der Waals surface area contributed by atoms with E-state index in [1.165, 1.54) is 15.4 Å². The molecule has 86 valence electrons. The Balaban J connectivity index is 2.15. The molecule has 0 aliphatic heterocycles. The normalized spacial score (nSPS) is 12.9. The van der Waals surface area contributed by atoms with Crippen LogP contribution in [0, 0.1) is 13.8 Å². The summed E-state index contributed by atoms with van der Waals surface area (Å²) >= 11 is 3.56. The van der Waals surface area contributed by atoms with Crippen molar-refractivity contribution in [1.82, 2.24) is 10.3 Å². The van der Waals surface area contributed by atoms with Crippen molar-refractivity contribution in [2.45, 2.75) is 26.3 Å². The number of thiophene rings is 1. The lowest BCUT2D eigenvalue weighted by molar-refractivity contribution is 0.589. The summed E-state index contributed by atoms with van der Waals surface area (Å²) in [6.07, 6.45) is 0.979. The van der Waals surface area contributed by atoms with Gasteiger partial charge in [-0.1, -0.05) is 0 Å². The van der Waals surface area contributed by atoms with Gasteiger partial charge in [0.25, 0.3) is 0 Å². The Morgan fingerprint density at radius 1 is 1.38 bits per heavy atom. The number of nitrogens with one attached hydrogen (secondary N) is 1. The zero-order valence-corrected chi connectivity index (χ0v) is 11.4. The molecule has 0 spiro atoms. The number of hydrogen-bond donors (Lipinski definition) is 1. The second-order valence-electron chi connectivity index (χ2n) is 3.86. The topological polar surface area (TPSA) is 24.9 Å². The van der Waals surface area contributed by atoms with E-state index in [-0.39, 0.29) is 0 Å². The van der Waals surface area contributed by atoms with Crippen LogP contribution >= 0.6 is 22.7 Å². The van der Waals surface area contributed by atoms with Gasteiger partial charge in [0.15, 0.2) is 0 Å². The van der Waals surface area contributed by atoms with E-state index >= 15 is 0 Å². The number of thiazole rings is 1. The van der Waals surface area contributed by atoms with E-state index in [4.69, 9.17) is 0 Å². The Kier molecular flexibility index (Phi) is 3.74. The van der Waals surface area contributed by atoms with E-state index in [1.807, 2.05) is 14.0 Å². The van der Waals surface area contributed by atoms with Crippen molar-refractivity contribution in [2.24, 2.45) is 0 Å². The van der Waals surface area contributed by atoms with Gasteiger partial charge in [0.1, 0.15) is 0 Å². The summed E-state index contributed by atoms with van der Waals surface area (Å²) in [4.78, 5) is 5.92. The van der Waals surface area contributed by atoms with Gasteiger partial charge in [-0.05, 0) is 37.9 Å². The summed E-state index contributed by atoms with van der Waals surface area (Å²) < 4.78 is 0. The van der Waals surface area contributed by atoms with Crippen molar-refractivity contribution in [2.75, 3.05) is 7.05 Å². The molecule has 2 aromatic heterocycles. The summed E-state index contributed by atoms with van der Waals surface area (Å²) in [5.41, 5.74) is 2.53. The SMILES string of the molecule is CNC(Cc1nc(C)cs1)c1ccsc1C. The Morgan fingerprint density at radius 2 is 2.19 bits per heavy atom. The van der Waals surface area contributed by atoms with Crippen LogP contribution in [0.25, 0.3) is 0 Å². The summed E-state index contributed by atoms with van der Waals surface area (Å²) in [7, 11) is 2.02. The maximum atomic E-state index is 4.52. The Labute approximate surface area is 104 Å². The minimum absolute atomic E-state index is 0.386. The van der Waals surface area contributed by atoms with E-state index < -0.39 is 0 Å². The van der Waals surface area contributed by atoms with Gasteiger partial charge in [-0.2, -0.15) is 0 Å². The molecule has 2 heterocycles. The first kappa shape index (κ1) is 11.8. The van der Waals surface area contributed by atoms with Gasteiger partial charge in [0.05, 0.1) is 5.01 Å². The fourth-order valence-electron chi connectivity index (χ4n) is 1.79. The molecule has 0 aliphatic carbocycles. The van der Waals surface area contributed by atoms with E-state index in [0.717, 1.165) is 12.1 Å². The third-order valence-corrected chi connectivity index (χ3v) is 4.52. The number of hydrogen-bond acceptors (Lipinski definition) is 4. The molecular weight excluding hydrogens is 236 g/mol. The molecule has 0 aromatic carbocycles. The Hall–Kier alpha value is -0.710. The van der Waals surface area contributed by atoms with Gasteiger partial charge < -0.3 is 5.32 Å². The molecule has 0 bridgehead atoms. The molecule has 0 amide bonds. The zero-order valence-electron chi connectivity index (χ0n) is 9.78. The third kappa shape index (κ3) is 2.51. The molecule has 1 unspecified atom stereocenters. The first-order chi connectivity index (χ1) is 7.70. The predicted molar refractivity (Wildman–Crippen MR) is 71.4 cm³/mol. The van der Waals surface area contributed by atoms with Crippen LogP contribution in [0.1, 0.15) is 27.2 Å². The largest absolute Gasteiger partial charge is 0.313 e. The molecule has 16 heavy (non-hydrogen) atoms. The third-order valence-electron chi connectivity index (χ3n) is 2.67. The van der Waals surface area contributed by atoms with Crippen molar-refractivity contribution >= 4 is 22.7 Å². The molecule has 4 heteroatoms. The molecular formula is C12H16N2S2. The zero-order chi connectivity index (χ0) is 11.5. The minimum Gasteiger partial charge on any atom is -0.313 e. The molecule has 2 aromatic rings. The second-order valence-corrected chi connectivity index (χ2v) is 5.92. The highest BCUT2D eigenvalue weighted by Crippen LogP contribution is 2.26. The summed E-state index contributed by atoms with van der Waals surface area (Å²) in [5.74, 6) is 0. The van der Waals surface area contributed by atoms with Gasteiger partial charge in [-0.3, -0.25) is 0 Å². The van der Waals surface area contributed by atoms with Crippen LogP contribution in [-0.4, -0.2) is 12.0 Å². The lowest BCUT2D eigenvalue weighted by Crippen LogP contribution is -2.18. The average molecular weight is 252 g/mol. The lowest BCUT2D eigenvalue weighted by atomic mass is 10.1. The van der Waals surface area contributed by atoms with Gasteiger partial charge in [0, 0.05) is 28.4 Å². The van der Waals surface area contributed by atoms with Crippen LogP contribution in [0.4, 0.5) is 0 Å². The molecule has 0 fully saturated rings. The van der Waals surface area contributed by atoms with Gasteiger partial charge >= 0.3 is 0 Å². The first-order valence-electron chi connectivity index (χ1n) is 5.33. The first-order valence-corrected chi connectivity index (χ1v) is 7.09. The monoisotopic (exact) mass is 252 g/mol. The molecule has 0 saturated carbocycles. The number of rotatable bonds is 4. The predicted octanol–water partition coefficient (Wildman–Crippen LogP) is 3.32. The van der Waals surface area contributed by atoms with E-state index in [1.54, 1.807) is 22.7 Å². The van der Waals surface area contributed by atoms with Crippen LogP contribution in [0.15, 0.2) is 16.8 Å². The van der Waals surface area contributed by atoms with Crippen molar-refractivity contribution in [1.29, 1.82) is 0 Å². The van der Waals surface area contributed by atoms with Crippen LogP contribution in [0.3, 0.4) is 0 Å². The quantitative estimate of drug-likeness (QED) is 0.903. The van der Waals surface area contributed by atoms with Crippen LogP contribution in [-0.2, 0) is 6.42 Å². The fraction of sp³-hybridized carbons (Fsp3) is 0.417. The molecule has 1 atom stereocenters. The summed E-state index contributed by atoms with van der Waals surface area (Å²) in [6.45, 7) is 4.22. The van der Waals surface area contributed by atoms with Gasteiger partial charge in [0.2, 0.25) is 0 Å². The molecule has 0 aliphatic rings. The maximum Gasteiger partial charge on any atom is 0.0947 e. The Morgan fingerprint density at radius 3 is 2.69 bits per heavy atom. The molecule has 2 rings (SSSR count). The van der Waals surface area contributed by atoms with E-state index in [0.29, 0.717) is 6.04 Å². The highest BCUT2D eigenvalue weighted by molar-refractivity contribution is 7.10. The van der Waals surface area contributed by atoms with Crippen molar-refractivity contribution in [3.05, 3.63) is 38.0 Å². The summed E-state index contributed by atoms with van der Waals surface area (Å²) in [5, 5.41) is 8.86. The van der Waals surface area contributed by atoms with Crippen molar-refractivity contribution in [3.8, 4) is 0 Å². The number of aromatic nitrogens is 1. The fourth-order valence-corrected chi connectivity index (χ4v) is 3.38. The van der Waals surface area contributed by atoms with Crippen LogP contribution in [0.2, 0.25) is 0 Å². The van der Waals surface area contributed by atoms with Crippen molar-refractivity contribution in [3.63, 3.8) is 0 Å². The van der Waals surface area contributed by atoms with Gasteiger partial charge in [-0.15, -0.1) is 22.7 Å². The number of nitrogens with zero attached hydrogens (tertiary/aromatic N) is 1. The molecule has 0 radical (unpaired) electrons. The second kappa shape index (κ2) is 5.08. The van der Waals surface area contributed by atoms with Gasteiger partial charge in [-0.25, -0.2) is 4.98 Å². The molecule has 2 nitrogen and oxygen atoms in total. The minimum atomic E-state index is 0.386. The highest BCUT2D eigenvalue weighted by Gasteiger charge is 2.14. The van der Waals surface area contributed by atoms with E-state index in [2.05, 4.69) is 34.1 Å². The Bertz CT molecular complexity index is 459.